The van der Waals surface area contributed by atoms with Gasteiger partial charge in [-0.25, -0.2) is 0 Å². The van der Waals surface area contributed by atoms with E-state index in [-0.39, 0.29) is 0 Å². The number of hydrogen-bond acceptors (Lipinski definition) is 1. The van der Waals surface area contributed by atoms with Crippen molar-refractivity contribution in [2.24, 2.45) is 0 Å². The highest BCUT2D eigenvalue weighted by molar-refractivity contribution is 7.25. The first-order valence-corrected chi connectivity index (χ1v) is 18.3. The van der Waals surface area contributed by atoms with Crippen LogP contribution in [0.1, 0.15) is 0 Å². The summed E-state index contributed by atoms with van der Waals surface area (Å²) in [7, 11) is 0. The number of hydrogen-bond donors (Lipinski definition) is 0. The maximum absolute atomic E-state index is 2.46. The zero-order chi connectivity index (χ0) is 33.5. The third-order valence-corrected chi connectivity index (χ3v) is 11.6. The van der Waals surface area contributed by atoms with E-state index in [0.717, 1.165) is 5.69 Å². The lowest BCUT2D eigenvalue weighted by atomic mass is 9.99. The highest BCUT2D eigenvalue weighted by Crippen LogP contribution is 2.43. The molecule has 11 aromatic rings. The van der Waals surface area contributed by atoms with Crippen LogP contribution in [0.25, 0.3) is 97.4 Å². The standard InChI is InChI=1S/C48H30N2S/c1-2-12-31(13-3-1)32-14-10-15-33(28-32)34-16-11-17-35(29-34)49-41-21-7-4-19-38(41)47-43(49)25-26-44-48(47)39-20-5-8-22-42(39)50(44)36-24-27-46-40(30-36)37-18-6-9-23-45(37)51-46/h1-30H. The normalized spacial score (nSPS) is 11.9. The molecule has 0 fully saturated rings. The molecule has 0 bridgehead atoms. The van der Waals surface area contributed by atoms with Gasteiger partial charge in [0.25, 0.3) is 0 Å². The summed E-state index contributed by atoms with van der Waals surface area (Å²) in [5.41, 5.74) is 12.1. The molecule has 0 aliphatic rings. The second-order valence-electron chi connectivity index (χ2n) is 13.3. The number of benzene rings is 8. The van der Waals surface area contributed by atoms with Crippen LogP contribution in [0.4, 0.5) is 0 Å². The van der Waals surface area contributed by atoms with E-state index in [0.29, 0.717) is 0 Å². The molecule has 11 rings (SSSR count). The highest BCUT2D eigenvalue weighted by Gasteiger charge is 2.21. The van der Waals surface area contributed by atoms with Gasteiger partial charge in [0.1, 0.15) is 0 Å². The van der Waals surface area contributed by atoms with Crippen molar-refractivity contribution in [3.8, 4) is 33.6 Å². The van der Waals surface area contributed by atoms with Crippen LogP contribution in [0.5, 0.6) is 0 Å². The average molecular weight is 667 g/mol. The van der Waals surface area contributed by atoms with Crippen molar-refractivity contribution in [1.82, 2.24) is 9.13 Å². The first kappa shape index (κ1) is 28.4. The number of nitrogens with zero attached hydrogens (tertiary/aromatic N) is 2. The van der Waals surface area contributed by atoms with Gasteiger partial charge in [0.2, 0.25) is 0 Å². The zero-order valence-electron chi connectivity index (χ0n) is 27.6. The second kappa shape index (κ2) is 11.0. The smallest absolute Gasteiger partial charge is 0.0548 e. The quantitative estimate of drug-likeness (QED) is 0.177. The number of fused-ring (bicyclic) bond motifs is 10. The van der Waals surface area contributed by atoms with Gasteiger partial charge in [-0.1, -0.05) is 115 Å². The SMILES string of the molecule is c1ccc(-c2cccc(-c3cccc(-n4c5ccccc5c5c6c7ccccc7n(-c7ccc8sc9ccccc9c8c7)c6ccc54)c3)c2)cc1. The largest absolute Gasteiger partial charge is 0.309 e. The van der Waals surface area contributed by atoms with E-state index in [4.69, 9.17) is 0 Å². The molecule has 0 spiro atoms. The Bertz CT molecular complexity index is 3140. The van der Waals surface area contributed by atoms with Crippen molar-refractivity contribution >= 4 is 75.1 Å². The van der Waals surface area contributed by atoms with Crippen molar-refractivity contribution in [3.05, 3.63) is 182 Å². The molecule has 0 unspecified atom stereocenters. The predicted molar refractivity (Wildman–Crippen MR) is 219 cm³/mol. The van der Waals surface area contributed by atoms with E-state index in [1.165, 1.54) is 91.7 Å². The molecule has 0 atom stereocenters. The van der Waals surface area contributed by atoms with Crippen LogP contribution < -0.4 is 0 Å². The van der Waals surface area contributed by atoms with Gasteiger partial charge in [-0.15, -0.1) is 11.3 Å². The molecule has 0 amide bonds. The second-order valence-corrected chi connectivity index (χ2v) is 14.4. The molecule has 3 heteroatoms. The number of rotatable bonds is 4. The van der Waals surface area contributed by atoms with Gasteiger partial charge in [-0.3, -0.25) is 0 Å². The van der Waals surface area contributed by atoms with Gasteiger partial charge in [0, 0.05) is 53.1 Å². The molecule has 0 saturated carbocycles. The maximum Gasteiger partial charge on any atom is 0.0548 e. The molecule has 51 heavy (non-hydrogen) atoms. The number of aromatic nitrogens is 2. The summed E-state index contributed by atoms with van der Waals surface area (Å²) >= 11 is 1.87. The molecule has 2 nitrogen and oxygen atoms in total. The molecule has 0 saturated heterocycles. The van der Waals surface area contributed by atoms with Gasteiger partial charge in [0.15, 0.2) is 0 Å². The lowest BCUT2D eigenvalue weighted by Crippen LogP contribution is -1.95. The van der Waals surface area contributed by atoms with Crippen molar-refractivity contribution in [2.45, 2.75) is 0 Å². The predicted octanol–water partition coefficient (Wildman–Crippen LogP) is 13.6. The molecule has 238 valence electrons. The maximum atomic E-state index is 2.46. The number of thiophene rings is 1. The summed E-state index contributed by atoms with van der Waals surface area (Å²) in [6.07, 6.45) is 0. The molecule has 8 aromatic carbocycles. The first-order valence-electron chi connectivity index (χ1n) is 17.4. The lowest BCUT2D eigenvalue weighted by molar-refractivity contribution is 1.17. The Morgan fingerprint density at radius 1 is 0.294 bits per heavy atom. The Morgan fingerprint density at radius 2 is 0.804 bits per heavy atom. The van der Waals surface area contributed by atoms with Crippen molar-refractivity contribution < 1.29 is 0 Å². The van der Waals surface area contributed by atoms with Crippen LogP contribution in [0, 0.1) is 0 Å². The Kier molecular flexibility index (Phi) is 6.16. The molecular formula is C48H30N2S. The Morgan fingerprint density at radius 3 is 1.51 bits per heavy atom. The summed E-state index contributed by atoms with van der Waals surface area (Å²) in [6.45, 7) is 0. The van der Waals surface area contributed by atoms with Gasteiger partial charge >= 0.3 is 0 Å². The van der Waals surface area contributed by atoms with Gasteiger partial charge in [-0.05, 0) is 89.0 Å². The van der Waals surface area contributed by atoms with Crippen LogP contribution in [0.3, 0.4) is 0 Å². The van der Waals surface area contributed by atoms with Crippen molar-refractivity contribution in [3.63, 3.8) is 0 Å². The molecular weight excluding hydrogens is 637 g/mol. The summed E-state index contributed by atoms with van der Waals surface area (Å²) < 4.78 is 7.56. The van der Waals surface area contributed by atoms with Crippen LogP contribution in [0.2, 0.25) is 0 Å². The van der Waals surface area contributed by atoms with Crippen LogP contribution in [-0.4, -0.2) is 9.13 Å². The van der Waals surface area contributed by atoms with E-state index in [1.807, 2.05) is 11.3 Å². The molecule has 3 aromatic heterocycles. The summed E-state index contributed by atoms with van der Waals surface area (Å²) in [6, 6.07) is 66.6. The molecule has 3 heterocycles. The monoisotopic (exact) mass is 666 g/mol. The van der Waals surface area contributed by atoms with Crippen LogP contribution in [-0.2, 0) is 0 Å². The summed E-state index contributed by atoms with van der Waals surface area (Å²) in [5, 5.41) is 7.74. The van der Waals surface area contributed by atoms with E-state index >= 15 is 0 Å². The van der Waals surface area contributed by atoms with E-state index < -0.39 is 0 Å². The first-order chi connectivity index (χ1) is 25.3. The molecule has 0 radical (unpaired) electrons. The number of para-hydroxylation sites is 2. The fraction of sp³-hybridized carbons (Fsp3) is 0. The van der Waals surface area contributed by atoms with Crippen LogP contribution in [0.15, 0.2) is 182 Å². The van der Waals surface area contributed by atoms with Crippen LogP contribution >= 0.6 is 11.3 Å². The third-order valence-electron chi connectivity index (χ3n) is 10.5. The topological polar surface area (TPSA) is 9.86 Å². The Hall–Kier alpha value is -6.42. The van der Waals surface area contributed by atoms with Gasteiger partial charge in [-0.2, -0.15) is 0 Å². The Labute approximate surface area is 298 Å². The van der Waals surface area contributed by atoms with Gasteiger partial charge < -0.3 is 9.13 Å². The van der Waals surface area contributed by atoms with Crippen molar-refractivity contribution in [2.75, 3.05) is 0 Å². The lowest BCUT2D eigenvalue weighted by Gasteiger charge is -2.12. The minimum Gasteiger partial charge on any atom is -0.309 e. The molecule has 0 N–H and O–H groups in total. The fourth-order valence-electron chi connectivity index (χ4n) is 8.26. The summed E-state index contributed by atoms with van der Waals surface area (Å²) in [4.78, 5) is 0. The van der Waals surface area contributed by atoms with E-state index in [9.17, 15) is 0 Å². The summed E-state index contributed by atoms with van der Waals surface area (Å²) in [5.74, 6) is 0. The minimum atomic E-state index is 1.15. The molecule has 0 aliphatic heterocycles. The molecule has 0 aliphatic carbocycles. The third kappa shape index (κ3) is 4.29. The average Bonchev–Trinajstić information content (AvgIpc) is 3.85. The van der Waals surface area contributed by atoms with Crippen molar-refractivity contribution in [1.29, 1.82) is 0 Å². The van der Waals surface area contributed by atoms with E-state index in [1.54, 1.807) is 0 Å². The van der Waals surface area contributed by atoms with E-state index in [2.05, 4.69) is 191 Å². The fourth-order valence-corrected chi connectivity index (χ4v) is 9.35. The zero-order valence-corrected chi connectivity index (χ0v) is 28.4. The van der Waals surface area contributed by atoms with Gasteiger partial charge in [0.05, 0.1) is 22.1 Å². The minimum absolute atomic E-state index is 1.15. The highest BCUT2D eigenvalue weighted by atomic mass is 32.1. The Balaban J connectivity index is 1.15.